The van der Waals surface area contributed by atoms with Crippen LogP contribution in [0.1, 0.15) is 54.8 Å². The van der Waals surface area contributed by atoms with Gasteiger partial charge in [-0.25, -0.2) is 14.5 Å². The van der Waals surface area contributed by atoms with Crippen LogP contribution >= 0.6 is 11.3 Å². The molecule has 6 nitrogen and oxygen atoms in total. The Morgan fingerprint density at radius 1 is 1.21 bits per heavy atom. The molecule has 0 bridgehead atoms. The molecule has 4 aromatic rings. The van der Waals surface area contributed by atoms with E-state index in [2.05, 4.69) is 44.0 Å². The van der Waals surface area contributed by atoms with Crippen molar-refractivity contribution in [3.05, 3.63) is 40.0 Å². The van der Waals surface area contributed by atoms with Crippen molar-refractivity contribution in [2.75, 3.05) is 0 Å². The van der Waals surface area contributed by atoms with Crippen molar-refractivity contribution in [1.82, 2.24) is 29.4 Å². The first-order valence-corrected chi connectivity index (χ1v) is 10.8. The van der Waals surface area contributed by atoms with Crippen LogP contribution in [0.25, 0.3) is 15.9 Å². The van der Waals surface area contributed by atoms with Crippen LogP contribution in [0.3, 0.4) is 0 Å². The van der Waals surface area contributed by atoms with Gasteiger partial charge in [-0.2, -0.15) is 5.10 Å². The zero-order chi connectivity index (χ0) is 19.6. The van der Waals surface area contributed by atoms with E-state index >= 15 is 0 Å². The van der Waals surface area contributed by atoms with Gasteiger partial charge in [0.25, 0.3) is 0 Å². The van der Waals surface area contributed by atoms with E-state index < -0.39 is 0 Å². The first-order valence-electron chi connectivity index (χ1n) is 9.95. The maximum Gasteiger partial charge on any atom is 0.173 e. The molecular formula is C21H26N6S. The summed E-state index contributed by atoms with van der Waals surface area (Å²) in [5.74, 6) is 1.51. The second kappa shape index (κ2) is 6.11. The van der Waals surface area contributed by atoms with Crippen LogP contribution in [0.4, 0.5) is 0 Å². The summed E-state index contributed by atoms with van der Waals surface area (Å²) in [6, 6.07) is 2.08. The van der Waals surface area contributed by atoms with Gasteiger partial charge in [-0.3, -0.25) is 4.68 Å². The van der Waals surface area contributed by atoms with Gasteiger partial charge in [0.1, 0.15) is 17.7 Å². The Balaban J connectivity index is 1.58. The Morgan fingerprint density at radius 2 is 2.04 bits per heavy atom. The molecule has 1 atom stereocenters. The van der Waals surface area contributed by atoms with Gasteiger partial charge < -0.3 is 0 Å². The van der Waals surface area contributed by atoms with Crippen LogP contribution in [0.2, 0.25) is 0 Å². The maximum atomic E-state index is 4.89. The topological polar surface area (TPSA) is 60.9 Å². The molecule has 146 valence electrons. The van der Waals surface area contributed by atoms with Gasteiger partial charge in [0.2, 0.25) is 0 Å². The summed E-state index contributed by atoms with van der Waals surface area (Å²) in [5.41, 5.74) is 4.88. The fraction of sp³-hybridized carbons (Fsp3) is 0.524. The molecule has 0 saturated heterocycles. The summed E-state index contributed by atoms with van der Waals surface area (Å²) in [6.07, 6.45) is 5.30. The SMILES string of the molecule is Cc1cc(C)n(Cc2nc3c4c5c(sc4ncn3n2)CC(C(C)(C)C)CC5)n1. The molecular weight excluding hydrogens is 368 g/mol. The molecule has 0 spiro atoms. The monoisotopic (exact) mass is 394 g/mol. The van der Waals surface area contributed by atoms with Crippen molar-refractivity contribution in [3.8, 4) is 0 Å². The second-order valence-electron chi connectivity index (χ2n) is 9.12. The van der Waals surface area contributed by atoms with Gasteiger partial charge in [0.05, 0.1) is 11.1 Å². The average molecular weight is 395 g/mol. The molecule has 0 N–H and O–H groups in total. The van der Waals surface area contributed by atoms with Crippen LogP contribution in [-0.4, -0.2) is 29.4 Å². The number of aryl methyl sites for hydroxylation is 3. The molecule has 4 heterocycles. The van der Waals surface area contributed by atoms with Crippen LogP contribution in [0.5, 0.6) is 0 Å². The number of rotatable bonds is 2. The standard InChI is InChI=1S/C21H26N6S/c1-12-8-13(2)26(24-12)10-17-23-19-18-15-7-6-14(21(3,4)5)9-16(15)28-20(18)22-11-27(19)25-17/h8,11,14H,6-7,9-10H2,1-5H3. The smallest absolute Gasteiger partial charge is 0.173 e. The van der Waals surface area contributed by atoms with E-state index in [1.807, 2.05) is 27.5 Å². The van der Waals surface area contributed by atoms with Gasteiger partial charge >= 0.3 is 0 Å². The second-order valence-corrected chi connectivity index (χ2v) is 10.2. The Bertz CT molecular complexity index is 1190. The van der Waals surface area contributed by atoms with Crippen molar-refractivity contribution in [2.24, 2.45) is 11.3 Å². The van der Waals surface area contributed by atoms with Crippen molar-refractivity contribution in [3.63, 3.8) is 0 Å². The summed E-state index contributed by atoms with van der Waals surface area (Å²) >= 11 is 1.84. The molecule has 0 aromatic carbocycles. The highest BCUT2D eigenvalue weighted by molar-refractivity contribution is 7.19. The lowest BCUT2D eigenvalue weighted by atomic mass is 9.72. The molecule has 1 aliphatic rings. The lowest BCUT2D eigenvalue weighted by Gasteiger charge is -2.33. The average Bonchev–Trinajstić information content (AvgIpc) is 3.27. The molecule has 0 radical (unpaired) electrons. The number of thiophene rings is 1. The van der Waals surface area contributed by atoms with Crippen LogP contribution in [-0.2, 0) is 19.4 Å². The van der Waals surface area contributed by atoms with E-state index in [9.17, 15) is 0 Å². The molecule has 28 heavy (non-hydrogen) atoms. The van der Waals surface area contributed by atoms with Crippen molar-refractivity contribution < 1.29 is 0 Å². The quantitative estimate of drug-likeness (QED) is 0.507. The predicted octanol–water partition coefficient (Wildman–Crippen LogP) is 4.35. The van der Waals surface area contributed by atoms with E-state index in [-0.39, 0.29) is 0 Å². The Hall–Kier alpha value is -2.28. The largest absolute Gasteiger partial charge is 0.262 e. The summed E-state index contributed by atoms with van der Waals surface area (Å²) in [6.45, 7) is 11.7. The van der Waals surface area contributed by atoms with Gasteiger partial charge in [-0.1, -0.05) is 20.8 Å². The number of nitrogens with zero attached hydrogens (tertiary/aromatic N) is 6. The van der Waals surface area contributed by atoms with Crippen LogP contribution in [0, 0.1) is 25.2 Å². The summed E-state index contributed by atoms with van der Waals surface area (Å²) in [5, 5.41) is 10.4. The third-order valence-corrected chi connectivity index (χ3v) is 7.21. The number of fused-ring (bicyclic) bond motifs is 5. The molecule has 5 rings (SSSR count). The highest BCUT2D eigenvalue weighted by Gasteiger charge is 2.31. The zero-order valence-corrected chi connectivity index (χ0v) is 18.0. The number of hydrogen-bond donors (Lipinski definition) is 0. The van der Waals surface area contributed by atoms with Gasteiger partial charge in [-0.05, 0) is 56.1 Å². The highest BCUT2D eigenvalue weighted by atomic mass is 32.1. The van der Waals surface area contributed by atoms with Gasteiger partial charge in [0.15, 0.2) is 11.5 Å². The van der Waals surface area contributed by atoms with E-state index in [0.29, 0.717) is 12.0 Å². The van der Waals surface area contributed by atoms with Crippen LogP contribution < -0.4 is 0 Å². The lowest BCUT2D eigenvalue weighted by Crippen LogP contribution is -2.26. The van der Waals surface area contributed by atoms with Gasteiger partial charge in [0, 0.05) is 10.6 Å². The first-order chi connectivity index (χ1) is 13.3. The molecule has 0 amide bonds. The Kier molecular flexibility index (Phi) is 3.88. The third kappa shape index (κ3) is 2.83. The maximum absolute atomic E-state index is 4.89. The fourth-order valence-corrected chi connectivity index (χ4v) is 5.66. The number of aromatic nitrogens is 6. The minimum Gasteiger partial charge on any atom is -0.262 e. The van der Waals surface area contributed by atoms with E-state index in [1.54, 1.807) is 6.33 Å². The molecule has 1 unspecified atom stereocenters. The zero-order valence-electron chi connectivity index (χ0n) is 17.2. The Morgan fingerprint density at radius 3 is 2.75 bits per heavy atom. The molecule has 1 aliphatic carbocycles. The molecule has 0 fully saturated rings. The van der Waals surface area contributed by atoms with Crippen molar-refractivity contribution in [1.29, 1.82) is 0 Å². The molecule has 4 aromatic heterocycles. The third-order valence-electron chi connectivity index (χ3n) is 6.05. The Labute approximate surface area is 168 Å². The molecule has 0 aliphatic heterocycles. The first kappa shape index (κ1) is 17.8. The highest BCUT2D eigenvalue weighted by Crippen LogP contribution is 2.43. The van der Waals surface area contributed by atoms with Crippen molar-refractivity contribution >= 4 is 27.2 Å². The van der Waals surface area contributed by atoms with Gasteiger partial charge in [-0.15, -0.1) is 16.4 Å². The lowest BCUT2D eigenvalue weighted by molar-refractivity contribution is 0.218. The molecule has 0 saturated carbocycles. The molecule has 7 heteroatoms. The number of hydrogen-bond acceptors (Lipinski definition) is 5. The summed E-state index contributed by atoms with van der Waals surface area (Å²) in [7, 11) is 0. The summed E-state index contributed by atoms with van der Waals surface area (Å²) < 4.78 is 3.80. The normalized spacial score (nSPS) is 17.5. The van der Waals surface area contributed by atoms with Crippen LogP contribution in [0.15, 0.2) is 12.4 Å². The van der Waals surface area contributed by atoms with E-state index in [0.717, 1.165) is 46.4 Å². The fourth-order valence-electron chi connectivity index (χ4n) is 4.39. The minimum atomic E-state index is 0.346. The van der Waals surface area contributed by atoms with E-state index in [4.69, 9.17) is 9.97 Å². The van der Waals surface area contributed by atoms with Crippen molar-refractivity contribution in [2.45, 2.75) is 60.4 Å². The predicted molar refractivity (Wildman–Crippen MR) is 112 cm³/mol. The van der Waals surface area contributed by atoms with E-state index in [1.165, 1.54) is 22.2 Å². The summed E-state index contributed by atoms with van der Waals surface area (Å²) in [4.78, 5) is 12.2. The minimum absolute atomic E-state index is 0.346.